The molecule has 1 atom stereocenters. The van der Waals surface area contributed by atoms with E-state index < -0.39 is 12.8 Å². The van der Waals surface area contributed by atoms with Gasteiger partial charge < -0.3 is 20.1 Å². The monoisotopic (exact) mass is 332 g/mol. The van der Waals surface area contributed by atoms with Crippen LogP contribution < -0.4 is 15.4 Å². The van der Waals surface area contributed by atoms with Crippen LogP contribution in [0.2, 0.25) is 0 Å². The van der Waals surface area contributed by atoms with E-state index >= 15 is 0 Å². The van der Waals surface area contributed by atoms with Crippen molar-refractivity contribution in [1.29, 1.82) is 0 Å². The first kappa shape index (κ1) is 17.6. The first-order chi connectivity index (χ1) is 10.9. The highest BCUT2D eigenvalue weighted by Gasteiger charge is 2.28. The summed E-state index contributed by atoms with van der Waals surface area (Å²) in [5, 5.41) is 5.91. The van der Waals surface area contributed by atoms with E-state index in [9.17, 15) is 18.0 Å². The number of amides is 1. The zero-order valence-corrected chi connectivity index (χ0v) is 12.5. The maximum Gasteiger partial charge on any atom is 0.422 e. The molecule has 2 N–H and O–H groups in total. The Labute approximate surface area is 132 Å². The molecule has 0 saturated carbocycles. The second-order valence-electron chi connectivity index (χ2n) is 5.26. The summed E-state index contributed by atoms with van der Waals surface area (Å²) in [5.74, 6) is -0.0222. The highest BCUT2D eigenvalue weighted by molar-refractivity contribution is 5.76. The molecule has 0 bridgehead atoms. The maximum absolute atomic E-state index is 12.1. The van der Waals surface area contributed by atoms with Gasteiger partial charge in [-0.2, -0.15) is 13.2 Å². The molecule has 1 aliphatic rings. The van der Waals surface area contributed by atoms with Gasteiger partial charge in [0.15, 0.2) is 6.61 Å². The maximum atomic E-state index is 12.1. The Hall–Kier alpha value is -1.80. The van der Waals surface area contributed by atoms with Crippen LogP contribution in [0.1, 0.15) is 12.0 Å². The molecule has 1 fully saturated rings. The quantitative estimate of drug-likeness (QED) is 0.831. The lowest BCUT2D eigenvalue weighted by Crippen LogP contribution is -2.44. The van der Waals surface area contributed by atoms with Crippen LogP contribution in [0, 0.1) is 0 Å². The first-order valence-electron chi connectivity index (χ1n) is 7.29. The molecular weight excluding hydrogens is 313 g/mol. The third kappa shape index (κ3) is 6.87. The van der Waals surface area contributed by atoms with Gasteiger partial charge in [-0.1, -0.05) is 12.1 Å². The molecule has 23 heavy (non-hydrogen) atoms. The third-order valence-corrected chi connectivity index (χ3v) is 3.22. The molecule has 0 aromatic heterocycles. The van der Waals surface area contributed by atoms with E-state index in [-0.39, 0.29) is 24.2 Å². The van der Waals surface area contributed by atoms with E-state index in [0.717, 1.165) is 6.54 Å². The summed E-state index contributed by atoms with van der Waals surface area (Å²) in [7, 11) is 0. The van der Waals surface area contributed by atoms with Crippen molar-refractivity contribution in [1.82, 2.24) is 10.6 Å². The fraction of sp³-hybridized carbons (Fsp3) is 0.533. The highest BCUT2D eigenvalue weighted by atomic mass is 19.4. The van der Waals surface area contributed by atoms with Gasteiger partial charge in [-0.05, 0) is 17.7 Å². The second-order valence-corrected chi connectivity index (χ2v) is 5.26. The molecule has 1 heterocycles. The van der Waals surface area contributed by atoms with E-state index in [0.29, 0.717) is 25.2 Å². The molecule has 8 heteroatoms. The van der Waals surface area contributed by atoms with Crippen molar-refractivity contribution in [2.24, 2.45) is 0 Å². The number of ether oxygens (including phenoxy) is 2. The van der Waals surface area contributed by atoms with Crippen LogP contribution in [0.4, 0.5) is 13.2 Å². The van der Waals surface area contributed by atoms with E-state index in [1.54, 1.807) is 12.1 Å². The number of morpholine rings is 1. The number of carbonyl (C=O) groups is 1. The number of rotatable bonds is 6. The number of benzene rings is 1. The number of carbonyl (C=O) groups excluding carboxylic acids is 1. The Morgan fingerprint density at radius 1 is 1.43 bits per heavy atom. The molecule has 1 aromatic carbocycles. The fourth-order valence-corrected chi connectivity index (χ4v) is 2.16. The summed E-state index contributed by atoms with van der Waals surface area (Å²) < 4.78 is 46.3. The van der Waals surface area contributed by atoms with Gasteiger partial charge in [-0.3, -0.25) is 4.79 Å². The van der Waals surface area contributed by atoms with Gasteiger partial charge in [-0.25, -0.2) is 0 Å². The summed E-state index contributed by atoms with van der Waals surface area (Å²) in [6.45, 7) is 0.749. The van der Waals surface area contributed by atoms with Gasteiger partial charge in [0.25, 0.3) is 0 Å². The third-order valence-electron chi connectivity index (χ3n) is 3.22. The minimum Gasteiger partial charge on any atom is -0.484 e. The van der Waals surface area contributed by atoms with Crippen LogP contribution in [0.5, 0.6) is 5.75 Å². The van der Waals surface area contributed by atoms with Gasteiger partial charge in [0.2, 0.25) is 5.91 Å². The normalized spacial score (nSPS) is 18.5. The summed E-state index contributed by atoms with van der Waals surface area (Å²) in [6, 6.07) is 6.21. The number of hydrogen-bond acceptors (Lipinski definition) is 4. The lowest BCUT2D eigenvalue weighted by molar-refractivity contribution is -0.153. The number of halogens is 3. The summed E-state index contributed by atoms with van der Waals surface area (Å²) in [4.78, 5) is 11.8. The van der Waals surface area contributed by atoms with Crippen LogP contribution in [0.15, 0.2) is 24.3 Å². The molecule has 2 rings (SSSR count). The average Bonchev–Trinajstić information content (AvgIpc) is 2.52. The Balaban J connectivity index is 1.77. The average molecular weight is 332 g/mol. The van der Waals surface area contributed by atoms with Crippen molar-refractivity contribution in [2.75, 3.05) is 26.4 Å². The lowest BCUT2D eigenvalue weighted by Gasteiger charge is -2.23. The molecule has 1 amide bonds. The smallest absolute Gasteiger partial charge is 0.422 e. The summed E-state index contributed by atoms with van der Waals surface area (Å²) in [5.41, 5.74) is 0.672. The number of nitrogens with one attached hydrogen (secondary N) is 2. The Bertz CT molecular complexity index is 517. The predicted octanol–water partition coefficient (Wildman–Crippen LogP) is 1.62. The van der Waals surface area contributed by atoms with Gasteiger partial charge in [0.1, 0.15) is 5.75 Å². The van der Waals surface area contributed by atoms with Crippen LogP contribution in [-0.4, -0.2) is 44.5 Å². The Morgan fingerprint density at radius 2 is 2.26 bits per heavy atom. The van der Waals surface area contributed by atoms with Gasteiger partial charge >= 0.3 is 6.18 Å². The van der Waals surface area contributed by atoms with E-state index in [1.807, 2.05) is 0 Å². The molecule has 1 aromatic rings. The fourth-order valence-electron chi connectivity index (χ4n) is 2.16. The van der Waals surface area contributed by atoms with E-state index in [4.69, 9.17) is 4.74 Å². The number of hydrogen-bond donors (Lipinski definition) is 2. The largest absolute Gasteiger partial charge is 0.484 e. The van der Waals surface area contributed by atoms with Crippen LogP contribution in [0.25, 0.3) is 0 Å². The first-order valence-corrected chi connectivity index (χ1v) is 7.29. The molecule has 0 spiro atoms. The summed E-state index contributed by atoms with van der Waals surface area (Å²) >= 11 is 0. The summed E-state index contributed by atoms with van der Waals surface area (Å²) in [6.07, 6.45) is -4.08. The molecule has 1 unspecified atom stereocenters. The van der Waals surface area contributed by atoms with Crippen molar-refractivity contribution in [3.05, 3.63) is 29.8 Å². The molecule has 0 aliphatic carbocycles. The van der Waals surface area contributed by atoms with Gasteiger partial charge in [0, 0.05) is 25.6 Å². The Kier molecular flexibility index (Phi) is 6.23. The minimum absolute atomic E-state index is 0.00907. The molecule has 5 nitrogen and oxygen atoms in total. The molecular formula is C15H19F3N2O3. The zero-order chi connectivity index (χ0) is 16.7. The lowest BCUT2D eigenvalue weighted by atomic mass is 10.1. The van der Waals surface area contributed by atoms with E-state index in [2.05, 4.69) is 15.4 Å². The molecule has 0 radical (unpaired) electrons. The van der Waals surface area contributed by atoms with Crippen LogP contribution in [-0.2, 0) is 16.1 Å². The van der Waals surface area contributed by atoms with Crippen molar-refractivity contribution < 1.29 is 27.4 Å². The van der Waals surface area contributed by atoms with E-state index in [1.165, 1.54) is 12.1 Å². The van der Waals surface area contributed by atoms with Crippen molar-refractivity contribution in [2.45, 2.75) is 25.2 Å². The van der Waals surface area contributed by atoms with Gasteiger partial charge in [0.05, 0.1) is 13.2 Å². The SMILES string of the molecule is O=C(CC1COCCN1)NCc1cccc(OCC(F)(F)F)c1. The Morgan fingerprint density at radius 3 is 2.96 bits per heavy atom. The van der Waals surface area contributed by atoms with Crippen molar-refractivity contribution in [3.8, 4) is 5.75 Å². The standard InChI is InChI=1S/C15H19F3N2O3/c16-15(17,18)10-23-13-3-1-2-11(6-13)8-20-14(21)7-12-9-22-5-4-19-12/h1-3,6,12,19H,4-5,7-10H2,(H,20,21). The van der Waals surface area contributed by atoms with Crippen molar-refractivity contribution >= 4 is 5.91 Å². The van der Waals surface area contributed by atoms with Gasteiger partial charge in [-0.15, -0.1) is 0 Å². The van der Waals surface area contributed by atoms with Crippen molar-refractivity contribution in [3.63, 3.8) is 0 Å². The molecule has 128 valence electrons. The van der Waals surface area contributed by atoms with Crippen LogP contribution >= 0.6 is 0 Å². The predicted molar refractivity (Wildman–Crippen MR) is 77.1 cm³/mol. The molecule has 1 aliphatic heterocycles. The topological polar surface area (TPSA) is 59.6 Å². The zero-order valence-electron chi connectivity index (χ0n) is 12.5. The van der Waals surface area contributed by atoms with Crippen LogP contribution in [0.3, 0.4) is 0 Å². The second kappa shape index (κ2) is 8.16. The minimum atomic E-state index is -4.38. The number of alkyl halides is 3. The molecule has 1 saturated heterocycles. The highest BCUT2D eigenvalue weighted by Crippen LogP contribution is 2.19.